The normalized spacial score (nSPS) is 11.7. The van der Waals surface area contributed by atoms with Crippen molar-refractivity contribution in [3.63, 3.8) is 0 Å². The SMILES string of the molecule is COCCn1ccc2ccc(NC(=O)NCCCC(C)(C)CO)cc21. The van der Waals surface area contributed by atoms with Crippen LogP contribution in [0.15, 0.2) is 30.5 Å². The molecule has 0 aliphatic rings. The molecule has 0 unspecified atom stereocenters. The highest BCUT2D eigenvalue weighted by molar-refractivity contribution is 5.92. The molecule has 0 saturated carbocycles. The molecule has 25 heavy (non-hydrogen) atoms. The lowest BCUT2D eigenvalue weighted by molar-refractivity contribution is 0.148. The summed E-state index contributed by atoms with van der Waals surface area (Å²) >= 11 is 0. The van der Waals surface area contributed by atoms with Crippen LogP contribution in [0.3, 0.4) is 0 Å². The topological polar surface area (TPSA) is 75.5 Å². The number of hydrogen-bond acceptors (Lipinski definition) is 3. The molecule has 138 valence electrons. The Morgan fingerprint density at radius 3 is 2.84 bits per heavy atom. The summed E-state index contributed by atoms with van der Waals surface area (Å²) in [7, 11) is 1.69. The molecule has 0 radical (unpaired) electrons. The van der Waals surface area contributed by atoms with Crippen molar-refractivity contribution in [1.29, 1.82) is 0 Å². The van der Waals surface area contributed by atoms with Gasteiger partial charge in [0.2, 0.25) is 0 Å². The Kier molecular flexibility index (Phi) is 6.84. The number of aliphatic hydroxyl groups is 1. The van der Waals surface area contributed by atoms with Crippen LogP contribution in [0.1, 0.15) is 26.7 Å². The van der Waals surface area contributed by atoms with E-state index >= 15 is 0 Å². The van der Waals surface area contributed by atoms with Gasteiger partial charge in [0.1, 0.15) is 0 Å². The number of hydrogen-bond donors (Lipinski definition) is 3. The van der Waals surface area contributed by atoms with E-state index in [-0.39, 0.29) is 18.1 Å². The highest BCUT2D eigenvalue weighted by Crippen LogP contribution is 2.21. The summed E-state index contributed by atoms with van der Waals surface area (Å²) in [5, 5.41) is 16.1. The molecule has 0 aliphatic carbocycles. The molecule has 1 aromatic carbocycles. The number of ether oxygens (including phenoxy) is 1. The molecule has 1 heterocycles. The fourth-order valence-electron chi connectivity index (χ4n) is 2.67. The maximum absolute atomic E-state index is 12.0. The molecular weight excluding hydrogens is 318 g/mol. The van der Waals surface area contributed by atoms with Crippen molar-refractivity contribution >= 4 is 22.6 Å². The number of rotatable bonds is 9. The Morgan fingerprint density at radius 1 is 1.32 bits per heavy atom. The number of nitrogens with zero attached hydrogens (tertiary/aromatic N) is 1. The summed E-state index contributed by atoms with van der Waals surface area (Å²) in [6.45, 7) is 6.19. The first kappa shape index (κ1) is 19.3. The maximum atomic E-state index is 12.0. The fraction of sp³-hybridized carbons (Fsp3) is 0.526. The van der Waals surface area contributed by atoms with Gasteiger partial charge in [0.05, 0.1) is 12.1 Å². The van der Waals surface area contributed by atoms with E-state index in [4.69, 9.17) is 4.74 Å². The Hall–Kier alpha value is -2.05. The number of carbonyl (C=O) groups is 1. The van der Waals surface area contributed by atoms with E-state index in [2.05, 4.69) is 21.3 Å². The monoisotopic (exact) mass is 347 g/mol. The number of aromatic nitrogens is 1. The number of nitrogens with one attached hydrogen (secondary N) is 2. The van der Waals surface area contributed by atoms with Crippen molar-refractivity contribution in [3.8, 4) is 0 Å². The van der Waals surface area contributed by atoms with Crippen molar-refractivity contribution in [3.05, 3.63) is 30.5 Å². The van der Waals surface area contributed by atoms with Gasteiger partial charge in [-0.2, -0.15) is 0 Å². The molecule has 1 aromatic heterocycles. The highest BCUT2D eigenvalue weighted by Gasteiger charge is 2.15. The number of fused-ring (bicyclic) bond motifs is 1. The van der Waals surface area contributed by atoms with Gasteiger partial charge in [0, 0.05) is 38.7 Å². The van der Waals surface area contributed by atoms with Crippen LogP contribution in [0, 0.1) is 5.41 Å². The zero-order chi connectivity index (χ0) is 18.3. The van der Waals surface area contributed by atoms with Gasteiger partial charge in [-0.05, 0) is 41.8 Å². The molecule has 0 bridgehead atoms. The Bertz CT molecular complexity index is 694. The van der Waals surface area contributed by atoms with Crippen LogP contribution < -0.4 is 10.6 Å². The molecule has 6 nitrogen and oxygen atoms in total. The predicted molar refractivity (Wildman–Crippen MR) is 101 cm³/mol. The van der Waals surface area contributed by atoms with Gasteiger partial charge >= 0.3 is 6.03 Å². The Balaban J connectivity index is 1.88. The van der Waals surface area contributed by atoms with Gasteiger partial charge in [-0.3, -0.25) is 0 Å². The largest absolute Gasteiger partial charge is 0.396 e. The van der Waals surface area contributed by atoms with E-state index in [1.807, 2.05) is 38.2 Å². The second-order valence-corrected chi connectivity index (χ2v) is 7.08. The number of urea groups is 1. The van der Waals surface area contributed by atoms with Crippen LogP contribution in [0.25, 0.3) is 10.9 Å². The smallest absolute Gasteiger partial charge is 0.319 e. The lowest BCUT2D eigenvalue weighted by Gasteiger charge is -2.21. The average Bonchev–Trinajstić information content (AvgIpc) is 2.99. The summed E-state index contributed by atoms with van der Waals surface area (Å²) < 4.78 is 7.24. The summed E-state index contributed by atoms with van der Waals surface area (Å²) in [6.07, 6.45) is 3.72. The number of benzene rings is 1. The third-order valence-corrected chi connectivity index (χ3v) is 4.31. The number of amides is 2. The van der Waals surface area contributed by atoms with E-state index in [0.717, 1.165) is 36.0 Å². The van der Waals surface area contributed by atoms with Gasteiger partial charge in [0.25, 0.3) is 0 Å². The van der Waals surface area contributed by atoms with Crippen LogP contribution in [-0.4, -0.2) is 42.6 Å². The number of anilines is 1. The molecule has 0 saturated heterocycles. The molecule has 0 spiro atoms. The summed E-state index contributed by atoms with van der Waals surface area (Å²) in [6, 6.07) is 7.71. The van der Waals surface area contributed by atoms with Crippen LogP contribution in [-0.2, 0) is 11.3 Å². The fourth-order valence-corrected chi connectivity index (χ4v) is 2.67. The minimum atomic E-state index is -0.212. The van der Waals surface area contributed by atoms with Crippen molar-refractivity contribution in [2.75, 3.05) is 32.2 Å². The van der Waals surface area contributed by atoms with Gasteiger partial charge in [-0.15, -0.1) is 0 Å². The quantitative estimate of drug-likeness (QED) is 0.610. The molecule has 2 rings (SSSR count). The number of carbonyl (C=O) groups excluding carboxylic acids is 1. The van der Waals surface area contributed by atoms with Crippen molar-refractivity contribution in [2.24, 2.45) is 5.41 Å². The Morgan fingerprint density at radius 2 is 2.12 bits per heavy atom. The lowest BCUT2D eigenvalue weighted by atomic mass is 9.89. The van der Waals surface area contributed by atoms with Gasteiger partial charge in [-0.25, -0.2) is 4.79 Å². The van der Waals surface area contributed by atoms with Gasteiger partial charge in [-0.1, -0.05) is 19.9 Å². The van der Waals surface area contributed by atoms with Gasteiger partial charge < -0.3 is 25.0 Å². The van der Waals surface area contributed by atoms with E-state index in [9.17, 15) is 9.90 Å². The molecule has 0 atom stereocenters. The van der Waals surface area contributed by atoms with Crippen LogP contribution >= 0.6 is 0 Å². The third kappa shape index (κ3) is 5.76. The summed E-state index contributed by atoms with van der Waals surface area (Å²) in [4.78, 5) is 12.0. The van der Waals surface area contributed by atoms with E-state index in [0.29, 0.717) is 13.2 Å². The van der Waals surface area contributed by atoms with Crippen LogP contribution in [0.5, 0.6) is 0 Å². The molecular formula is C19H29N3O3. The summed E-state index contributed by atoms with van der Waals surface area (Å²) in [5.41, 5.74) is 1.73. The predicted octanol–water partition coefficient (Wildman–Crippen LogP) is 3.21. The lowest BCUT2D eigenvalue weighted by Crippen LogP contribution is -2.30. The Labute approximate surface area is 149 Å². The minimum absolute atomic E-state index is 0.100. The first-order chi connectivity index (χ1) is 11.9. The van der Waals surface area contributed by atoms with Gasteiger partial charge in [0.15, 0.2) is 0 Å². The first-order valence-corrected chi connectivity index (χ1v) is 8.69. The molecule has 3 N–H and O–H groups in total. The minimum Gasteiger partial charge on any atom is -0.396 e. The van der Waals surface area contributed by atoms with Crippen LogP contribution in [0.4, 0.5) is 10.5 Å². The zero-order valence-corrected chi connectivity index (χ0v) is 15.3. The first-order valence-electron chi connectivity index (χ1n) is 8.69. The second-order valence-electron chi connectivity index (χ2n) is 7.08. The van der Waals surface area contributed by atoms with E-state index in [1.165, 1.54) is 0 Å². The van der Waals surface area contributed by atoms with Crippen molar-refractivity contribution in [2.45, 2.75) is 33.2 Å². The molecule has 0 fully saturated rings. The molecule has 2 aromatic rings. The molecule has 6 heteroatoms. The standard InChI is InChI=1S/C19H29N3O3/c1-19(2,14-23)8-4-9-20-18(24)21-16-6-5-15-7-10-22(11-12-25-3)17(15)13-16/h5-7,10,13,23H,4,8-9,11-12,14H2,1-3H3,(H2,20,21,24). The van der Waals surface area contributed by atoms with Crippen molar-refractivity contribution in [1.82, 2.24) is 9.88 Å². The number of methoxy groups -OCH3 is 1. The van der Waals surface area contributed by atoms with Crippen LogP contribution in [0.2, 0.25) is 0 Å². The second kappa shape index (κ2) is 8.87. The van der Waals surface area contributed by atoms with E-state index in [1.54, 1.807) is 7.11 Å². The molecule has 2 amide bonds. The summed E-state index contributed by atoms with van der Waals surface area (Å²) in [5.74, 6) is 0. The maximum Gasteiger partial charge on any atom is 0.319 e. The third-order valence-electron chi connectivity index (χ3n) is 4.31. The zero-order valence-electron chi connectivity index (χ0n) is 15.3. The number of aliphatic hydroxyl groups excluding tert-OH is 1. The van der Waals surface area contributed by atoms with Crippen molar-refractivity contribution < 1.29 is 14.6 Å². The molecule has 0 aliphatic heterocycles. The van der Waals surface area contributed by atoms with E-state index < -0.39 is 0 Å². The highest BCUT2D eigenvalue weighted by atomic mass is 16.5. The average molecular weight is 347 g/mol.